The molecule has 0 aromatic carbocycles. The van der Waals surface area contributed by atoms with Crippen molar-refractivity contribution in [2.75, 3.05) is 26.3 Å². The van der Waals surface area contributed by atoms with Crippen molar-refractivity contribution in [2.24, 2.45) is 0 Å². The molecule has 0 saturated heterocycles. The zero-order chi connectivity index (χ0) is 23.5. The molecule has 0 fully saturated rings. The second kappa shape index (κ2) is 18.8. The minimum atomic E-state index is -3.55. The number of hydrogen-bond donors (Lipinski definition) is 0. The average Bonchev–Trinajstić information content (AvgIpc) is 3.15. The lowest BCUT2D eigenvalue weighted by Crippen LogP contribution is -2.40. The Morgan fingerprint density at radius 1 is 0.656 bits per heavy atom. The molecule has 190 valence electrons. The Hall–Kier alpha value is -0.550. The van der Waals surface area contributed by atoms with E-state index in [1.165, 1.54) is 83.5 Å². The Bertz CT molecular complexity index is 508. The molecule has 0 bridgehead atoms. The van der Waals surface area contributed by atoms with Gasteiger partial charge in [-0.05, 0) is 27.2 Å². The van der Waals surface area contributed by atoms with E-state index in [0.717, 1.165) is 19.5 Å². The molecule has 0 radical (unpaired) electrons. The molecule has 6 nitrogen and oxygen atoms in total. The lowest BCUT2D eigenvalue weighted by molar-refractivity contribution is -0.0523. The van der Waals surface area contributed by atoms with E-state index in [-0.39, 0.29) is 0 Å². The summed E-state index contributed by atoms with van der Waals surface area (Å²) in [6.07, 6.45) is 22.5. The molecular weight excluding hydrogens is 423 g/mol. The van der Waals surface area contributed by atoms with E-state index in [0.29, 0.717) is 13.2 Å². The van der Waals surface area contributed by atoms with E-state index in [2.05, 4.69) is 18.7 Å². The predicted molar refractivity (Wildman–Crippen MR) is 134 cm³/mol. The molecule has 1 unspecified atom stereocenters. The van der Waals surface area contributed by atoms with E-state index >= 15 is 0 Å². The molecule has 0 aromatic rings. The Kier molecular flexibility index (Phi) is 17.3. The van der Waals surface area contributed by atoms with Crippen molar-refractivity contribution >= 4 is 7.82 Å². The smallest absolute Gasteiger partial charge is 0.334 e. The van der Waals surface area contributed by atoms with Crippen LogP contribution in [0.4, 0.5) is 0 Å². The molecule has 1 rings (SSSR count). The summed E-state index contributed by atoms with van der Waals surface area (Å²) in [6, 6.07) is 0. The van der Waals surface area contributed by atoms with Crippen LogP contribution in [0.5, 0.6) is 0 Å². The van der Waals surface area contributed by atoms with Gasteiger partial charge in [-0.1, -0.05) is 90.4 Å². The number of phosphoric acid groups is 1. The van der Waals surface area contributed by atoms with Gasteiger partial charge in [0.15, 0.2) is 0 Å². The molecule has 0 amide bonds. The summed E-state index contributed by atoms with van der Waals surface area (Å²) in [6.45, 7) is 10.2. The molecule has 1 aliphatic heterocycles. The van der Waals surface area contributed by atoms with Crippen molar-refractivity contribution < 1.29 is 18.1 Å². The molecule has 0 N–H and O–H groups in total. The Labute approximate surface area is 198 Å². The van der Waals surface area contributed by atoms with Gasteiger partial charge in [0.1, 0.15) is 0 Å². The minimum absolute atomic E-state index is 0.294. The first-order valence-corrected chi connectivity index (χ1v) is 14.8. The van der Waals surface area contributed by atoms with E-state index in [9.17, 15) is 4.57 Å². The van der Waals surface area contributed by atoms with Gasteiger partial charge in [0.05, 0.1) is 13.2 Å². The maximum atomic E-state index is 12.8. The summed E-state index contributed by atoms with van der Waals surface area (Å²) in [5.74, 6) is 0. The fourth-order valence-electron chi connectivity index (χ4n) is 4.10. The van der Waals surface area contributed by atoms with Crippen LogP contribution >= 0.6 is 7.82 Å². The summed E-state index contributed by atoms with van der Waals surface area (Å²) in [5, 5.41) is 0. The Morgan fingerprint density at radius 2 is 1.09 bits per heavy atom. The zero-order valence-corrected chi connectivity index (χ0v) is 22.3. The highest BCUT2D eigenvalue weighted by atomic mass is 31.2. The lowest BCUT2D eigenvalue weighted by Gasteiger charge is -2.33. The van der Waals surface area contributed by atoms with Gasteiger partial charge >= 0.3 is 7.82 Å². The monoisotopic (exact) mass is 474 g/mol. The molecule has 0 spiro atoms. The van der Waals surface area contributed by atoms with Crippen LogP contribution in [0, 0.1) is 0 Å². The zero-order valence-electron chi connectivity index (χ0n) is 21.4. The van der Waals surface area contributed by atoms with Gasteiger partial charge < -0.3 is 9.80 Å². The number of phosphoric ester groups is 1. The van der Waals surface area contributed by atoms with Gasteiger partial charge in [-0.3, -0.25) is 9.05 Å². The molecule has 7 heteroatoms. The fraction of sp³-hybridized carbons (Fsp3) is 0.920. The molecule has 0 aliphatic carbocycles. The van der Waals surface area contributed by atoms with E-state index < -0.39 is 14.2 Å². The van der Waals surface area contributed by atoms with Crippen LogP contribution in [-0.4, -0.2) is 42.5 Å². The Morgan fingerprint density at radius 3 is 1.53 bits per heavy atom. The fourth-order valence-corrected chi connectivity index (χ4v) is 5.40. The van der Waals surface area contributed by atoms with Gasteiger partial charge in [0.2, 0.25) is 6.35 Å². The highest BCUT2D eigenvalue weighted by Gasteiger charge is 2.36. The topological polar surface area (TPSA) is 51.2 Å². The van der Waals surface area contributed by atoms with Gasteiger partial charge in [-0.15, -0.1) is 0 Å². The van der Waals surface area contributed by atoms with Crippen LogP contribution in [0.2, 0.25) is 0 Å². The number of rotatable bonds is 22. The third-order valence-corrected chi connectivity index (χ3v) is 7.55. The summed E-state index contributed by atoms with van der Waals surface area (Å²) in [4.78, 5) is 4.13. The van der Waals surface area contributed by atoms with Crippen molar-refractivity contribution in [3.8, 4) is 0 Å². The molecular formula is C25H51N2O4P. The summed E-state index contributed by atoms with van der Waals surface area (Å²) < 4.78 is 29.4. The number of unbranched alkanes of at least 4 members (excludes halogenated alkanes) is 13. The molecule has 1 heterocycles. The highest BCUT2D eigenvalue weighted by Crippen LogP contribution is 2.51. The number of nitrogens with zero attached hydrogens (tertiary/aromatic N) is 2. The summed E-state index contributed by atoms with van der Waals surface area (Å²) in [5.41, 5.74) is 0. The quantitative estimate of drug-likeness (QED) is 0.117. The van der Waals surface area contributed by atoms with Gasteiger partial charge in [-0.2, -0.15) is 0 Å². The summed E-state index contributed by atoms with van der Waals surface area (Å²) >= 11 is 0. The maximum Gasteiger partial charge on any atom is 0.478 e. The highest BCUT2D eigenvalue weighted by molar-refractivity contribution is 7.48. The number of hydrogen-bond acceptors (Lipinski definition) is 6. The lowest BCUT2D eigenvalue weighted by atomic mass is 10.0. The van der Waals surface area contributed by atoms with Crippen LogP contribution in [0.15, 0.2) is 12.4 Å². The first-order chi connectivity index (χ1) is 15.6. The van der Waals surface area contributed by atoms with Gasteiger partial charge in [-0.25, -0.2) is 9.09 Å². The maximum absolute atomic E-state index is 12.8. The van der Waals surface area contributed by atoms with Crippen molar-refractivity contribution in [3.63, 3.8) is 0 Å². The third-order valence-electron chi connectivity index (χ3n) is 5.95. The van der Waals surface area contributed by atoms with Crippen molar-refractivity contribution in [1.29, 1.82) is 0 Å². The first-order valence-electron chi connectivity index (χ1n) is 13.4. The first kappa shape index (κ1) is 29.5. The molecule has 0 aromatic heterocycles. The van der Waals surface area contributed by atoms with Crippen molar-refractivity contribution in [3.05, 3.63) is 12.4 Å². The van der Waals surface area contributed by atoms with Crippen LogP contribution < -0.4 is 0 Å². The second-order valence-electron chi connectivity index (χ2n) is 8.68. The van der Waals surface area contributed by atoms with E-state index in [1.807, 2.05) is 17.3 Å². The molecule has 32 heavy (non-hydrogen) atoms. The van der Waals surface area contributed by atoms with Gasteiger partial charge in [0.25, 0.3) is 0 Å². The molecule has 1 aliphatic rings. The van der Waals surface area contributed by atoms with Crippen molar-refractivity contribution in [1.82, 2.24) is 9.80 Å². The largest absolute Gasteiger partial charge is 0.478 e. The van der Waals surface area contributed by atoms with Gasteiger partial charge in [0, 0.05) is 25.5 Å². The average molecular weight is 475 g/mol. The minimum Gasteiger partial charge on any atom is -0.334 e. The molecule has 0 saturated carbocycles. The Balaban J connectivity index is 2.15. The van der Waals surface area contributed by atoms with Crippen LogP contribution in [-0.2, 0) is 18.1 Å². The molecule has 1 atom stereocenters. The SMILES string of the molecule is CCCCCCCCCCCCCCCCN1C=CN(CC)C1OP(=O)(OCC)OCC. The normalized spacial score (nSPS) is 16.4. The van der Waals surface area contributed by atoms with Crippen LogP contribution in [0.25, 0.3) is 0 Å². The van der Waals surface area contributed by atoms with E-state index in [1.54, 1.807) is 13.8 Å². The van der Waals surface area contributed by atoms with Crippen LogP contribution in [0.3, 0.4) is 0 Å². The summed E-state index contributed by atoms with van der Waals surface area (Å²) in [7, 11) is -3.55. The third kappa shape index (κ3) is 12.6. The predicted octanol–water partition coefficient (Wildman–Crippen LogP) is 8.06. The van der Waals surface area contributed by atoms with Crippen LogP contribution in [0.1, 0.15) is 118 Å². The standard InChI is InChI=1S/C25H51N2O4P/c1-5-9-10-11-12-13-14-15-16-17-18-19-20-21-22-27-24-23-26(6-2)25(27)31-32(28,29-7-3)30-8-4/h23-25H,5-22H2,1-4H3. The van der Waals surface area contributed by atoms with E-state index in [4.69, 9.17) is 13.6 Å². The second-order valence-corrected chi connectivity index (χ2v) is 10.3. The van der Waals surface area contributed by atoms with Crippen molar-refractivity contribution in [2.45, 2.75) is 124 Å².